The molecule has 1 saturated carbocycles. The number of unbranched alkanes of at least 4 members (excludes halogenated alkanes) is 3. The van der Waals surface area contributed by atoms with Crippen molar-refractivity contribution in [3.05, 3.63) is 12.2 Å². The predicted octanol–water partition coefficient (Wildman–Crippen LogP) is 3.74. The van der Waals surface area contributed by atoms with Gasteiger partial charge in [-0.1, -0.05) is 31.9 Å². The van der Waals surface area contributed by atoms with Crippen LogP contribution in [0.4, 0.5) is 0 Å². The molecule has 6 heteroatoms. The minimum Gasteiger partial charge on any atom is -0.469 e. The zero-order valence-corrected chi connectivity index (χ0v) is 18.2. The SMILES string of the molecule is CCCCCC1(CCC2C(O)CC(O)C2C/C=C/CCCC(=O)OC)OCCO1. The van der Waals surface area contributed by atoms with Gasteiger partial charge in [0.05, 0.1) is 32.5 Å². The van der Waals surface area contributed by atoms with Gasteiger partial charge in [0.1, 0.15) is 0 Å². The average molecular weight is 413 g/mol. The number of hydrogen-bond acceptors (Lipinski definition) is 6. The molecule has 1 heterocycles. The normalized spacial score (nSPS) is 29.0. The van der Waals surface area contributed by atoms with Crippen LogP contribution < -0.4 is 0 Å². The Labute approximate surface area is 175 Å². The van der Waals surface area contributed by atoms with Gasteiger partial charge >= 0.3 is 5.97 Å². The van der Waals surface area contributed by atoms with Crippen molar-refractivity contribution in [1.82, 2.24) is 0 Å². The monoisotopic (exact) mass is 412 g/mol. The highest BCUT2D eigenvalue weighted by Crippen LogP contribution is 2.41. The lowest BCUT2D eigenvalue weighted by atomic mass is 9.85. The second-order valence-corrected chi connectivity index (χ2v) is 8.48. The molecule has 6 nitrogen and oxygen atoms in total. The number of carbonyl (C=O) groups excluding carboxylic acids is 1. The van der Waals surface area contributed by atoms with Crippen LogP contribution in [0.2, 0.25) is 0 Å². The molecule has 29 heavy (non-hydrogen) atoms. The summed E-state index contributed by atoms with van der Waals surface area (Å²) in [5.74, 6) is -0.579. The topological polar surface area (TPSA) is 85.2 Å². The Kier molecular flexibility index (Phi) is 10.6. The Bertz CT molecular complexity index is 500. The first-order valence-corrected chi connectivity index (χ1v) is 11.4. The number of rotatable bonds is 13. The molecule has 2 fully saturated rings. The molecule has 0 bridgehead atoms. The summed E-state index contributed by atoms with van der Waals surface area (Å²) < 4.78 is 16.6. The first-order chi connectivity index (χ1) is 14.0. The molecule has 0 aromatic carbocycles. The van der Waals surface area contributed by atoms with Crippen molar-refractivity contribution in [3.8, 4) is 0 Å². The van der Waals surface area contributed by atoms with Crippen molar-refractivity contribution in [3.63, 3.8) is 0 Å². The van der Waals surface area contributed by atoms with Crippen molar-refractivity contribution in [2.24, 2.45) is 11.8 Å². The number of hydrogen-bond donors (Lipinski definition) is 2. The van der Waals surface area contributed by atoms with Crippen LogP contribution in [0.5, 0.6) is 0 Å². The lowest BCUT2D eigenvalue weighted by molar-refractivity contribution is -0.171. The van der Waals surface area contributed by atoms with E-state index in [1.54, 1.807) is 0 Å². The molecule has 0 aromatic heterocycles. The summed E-state index contributed by atoms with van der Waals surface area (Å²) in [5, 5.41) is 21.0. The molecule has 0 radical (unpaired) electrons. The number of ether oxygens (including phenoxy) is 3. The highest BCUT2D eigenvalue weighted by Gasteiger charge is 2.43. The van der Waals surface area contributed by atoms with Gasteiger partial charge in [-0.25, -0.2) is 0 Å². The van der Waals surface area contributed by atoms with E-state index in [9.17, 15) is 15.0 Å². The predicted molar refractivity (Wildman–Crippen MR) is 111 cm³/mol. The quantitative estimate of drug-likeness (QED) is 0.272. The zero-order valence-electron chi connectivity index (χ0n) is 18.2. The third-order valence-corrected chi connectivity index (χ3v) is 6.41. The van der Waals surface area contributed by atoms with Gasteiger partial charge in [0.2, 0.25) is 0 Å². The molecule has 2 aliphatic rings. The Hall–Kier alpha value is -0.950. The maximum atomic E-state index is 11.1. The molecule has 2 N–H and O–H groups in total. The van der Waals surface area contributed by atoms with Gasteiger partial charge in [-0.15, -0.1) is 0 Å². The second kappa shape index (κ2) is 12.7. The molecular weight excluding hydrogens is 372 g/mol. The molecule has 4 unspecified atom stereocenters. The third-order valence-electron chi connectivity index (χ3n) is 6.41. The van der Waals surface area contributed by atoms with Crippen molar-refractivity contribution < 1.29 is 29.2 Å². The summed E-state index contributed by atoms with van der Waals surface area (Å²) in [5.41, 5.74) is 0. The van der Waals surface area contributed by atoms with Crippen LogP contribution in [0.25, 0.3) is 0 Å². The van der Waals surface area contributed by atoms with E-state index in [2.05, 4.69) is 23.8 Å². The van der Waals surface area contributed by atoms with Crippen LogP contribution >= 0.6 is 0 Å². The van der Waals surface area contributed by atoms with Crippen LogP contribution in [0.15, 0.2) is 12.2 Å². The maximum absolute atomic E-state index is 11.1. The summed E-state index contributed by atoms with van der Waals surface area (Å²) in [6.07, 6.45) is 12.3. The van der Waals surface area contributed by atoms with E-state index in [4.69, 9.17) is 9.47 Å². The molecular formula is C23H40O6. The second-order valence-electron chi connectivity index (χ2n) is 8.48. The minimum absolute atomic E-state index is 0.0518. The first kappa shape index (κ1) is 24.3. The van der Waals surface area contributed by atoms with E-state index in [-0.39, 0.29) is 17.8 Å². The van der Waals surface area contributed by atoms with Crippen molar-refractivity contribution >= 4 is 5.97 Å². The third kappa shape index (κ3) is 7.67. The summed E-state index contributed by atoms with van der Waals surface area (Å²) >= 11 is 0. The fraction of sp³-hybridized carbons (Fsp3) is 0.870. The van der Waals surface area contributed by atoms with Gasteiger partial charge in [-0.05, 0) is 50.4 Å². The number of allylic oxidation sites excluding steroid dienone is 2. The largest absolute Gasteiger partial charge is 0.469 e. The molecule has 1 aliphatic carbocycles. The highest BCUT2D eigenvalue weighted by atomic mass is 16.7. The van der Waals surface area contributed by atoms with Gasteiger partial charge < -0.3 is 24.4 Å². The minimum atomic E-state index is -0.503. The summed E-state index contributed by atoms with van der Waals surface area (Å²) in [6, 6.07) is 0. The lowest BCUT2D eigenvalue weighted by Crippen LogP contribution is -2.33. The lowest BCUT2D eigenvalue weighted by Gasteiger charge is -2.31. The summed E-state index contributed by atoms with van der Waals surface area (Å²) in [4.78, 5) is 11.1. The molecule has 4 atom stereocenters. The zero-order chi connectivity index (χ0) is 21.1. The number of aliphatic hydroxyl groups is 2. The molecule has 0 aromatic rings. The van der Waals surface area contributed by atoms with Gasteiger partial charge in [0.25, 0.3) is 0 Å². The molecule has 1 saturated heterocycles. The molecule has 2 rings (SSSR count). The number of methoxy groups -OCH3 is 1. The van der Waals surface area contributed by atoms with Crippen LogP contribution in [0, 0.1) is 11.8 Å². The van der Waals surface area contributed by atoms with Gasteiger partial charge in [0.15, 0.2) is 5.79 Å². The van der Waals surface area contributed by atoms with E-state index in [0.717, 1.165) is 51.4 Å². The smallest absolute Gasteiger partial charge is 0.305 e. The highest BCUT2D eigenvalue weighted by molar-refractivity contribution is 5.69. The van der Waals surface area contributed by atoms with Crippen molar-refractivity contribution in [2.75, 3.05) is 20.3 Å². The van der Waals surface area contributed by atoms with E-state index in [1.165, 1.54) is 13.5 Å². The first-order valence-electron chi connectivity index (χ1n) is 11.4. The van der Waals surface area contributed by atoms with Gasteiger partial charge in [0, 0.05) is 19.3 Å². The van der Waals surface area contributed by atoms with E-state index < -0.39 is 18.0 Å². The van der Waals surface area contributed by atoms with E-state index >= 15 is 0 Å². The Balaban J connectivity index is 1.82. The fourth-order valence-corrected chi connectivity index (χ4v) is 4.69. The van der Waals surface area contributed by atoms with Crippen LogP contribution in [-0.2, 0) is 19.0 Å². The van der Waals surface area contributed by atoms with Gasteiger partial charge in [-0.2, -0.15) is 0 Å². The molecule has 0 spiro atoms. The van der Waals surface area contributed by atoms with Crippen LogP contribution in [-0.4, -0.2) is 54.5 Å². The van der Waals surface area contributed by atoms with Crippen molar-refractivity contribution in [1.29, 1.82) is 0 Å². The molecule has 168 valence electrons. The summed E-state index contributed by atoms with van der Waals surface area (Å²) in [7, 11) is 1.40. The number of aliphatic hydroxyl groups excluding tert-OH is 2. The average Bonchev–Trinajstić information content (AvgIpc) is 3.27. The number of esters is 1. The molecule has 0 amide bonds. The number of carbonyl (C=O) groups is 1. The Morgan fingerprint density at radius 2 is 1.79 bits per heavy atom. The van der Waals surface area contributed by atoms with Crippen molar-refractivity contribution in [2.45, 2.75) is 95.5 Å². The molecule has 1 aliphatic heterocycles. The Morgan fingerprint density at radius 3 is 2.48 bits per heavy atom. The summed E-state index contributed by atoms with van der Waals surface area (Å²) in [6.45, 7) is 3.46. The standard InChI is InChI=1S/C23H40O6/c1-3-4-9-13-23(28-15-16-29-23)14-12-19-18(20(24)17-21(19)25)10-7-5-6-8-11-22(26)27-2/h5,7,18-21,24-25H,3-4,6,8-17H2,1-2H3/b7-5+. The van der Waals surface area contributed by atoms with Gasteiger partial charge in [-0.3, -0.25) is 4.79 Å². The fourth-order valence-electron chi connectivity index (χ4n) is 4.69. The van der Waals surface area contributed by atoms with E-state index in [0.29, 0.717) is 26.1 Å². The van der Waals surface area contributed by atoms with E-state index in [1.807, 2.05) is 0 Å². The van der Waals surface area contributed by atoms with Crippen LogP contribution in [0.1, 0.15) is 77.6 Å². The Morgan fingerprint density at radius 1 is 1.07 bits per heavy atom. The maximum Gasteiger partial charge on any atom is 0.305 e. The van der Waals surface area contributed by atoms with Crippen LogP contribution in [0.3, 0.4) is 0 Å².